The number of nitrogens with zero attached hydrogens (tertiary/aromatic N) is 3. The molecule has 0 bridgehead atoms. The van der Waals surface area contributed by atoms with Gasteiger partial charge in [0.15, 0.2) is 5.82 Å². The van der Waals surface area contributed by atoms with Crippen molar-refractivity contribution in [2.24, 2.45) is 0 Å². The summed E-state index contributed by atoms with van der Waals surface area (Å²) in [6.07, 6.45) is 8.68. The van der Waals surface area contributed by atoms with Crippen LogP contribution in [0.3, 0.4) is 0 Å². The van der Waals surface area contributed by atoms with Crippen LogP contribution >= 0.6 is 0 Å². The molecule has 1 unspecified atom stereocenters. The number of ether oxygens (including phenoxy) is 1. The number of hydrogen-bond acceptors (Lipinski definition) is 5. The lowest BCUT2D eigenvalue weighted by molar-refractivity contribution is 0.0429. The molecule has 0 spiro atoms. The molecule has 0 aromatic carbocycles. The van der Waals surface area contributed by atoms with Crippen LogP contribution in [-0.2, 0) is 10.2 Å². The molecule has 1 aliphatic carbocycles. The van der Waals surface area contributed by atoms with E-state index in [1.54, 1.807) is 12.3 Å². The van der Waals surface area contributed by atoms with Crippen molar-refractivity contribution in [2.45, 2.75) is 37.2 Å². The second kappa shape index (κ2) is 5.28. The summed E-state index contributed by atoms with van der Waals surface area (Å²) in [6, 6.07) is 3.02. The Morgan fingerprint density at radius 3 is 2.86 bits per heavy atom. The van der Waals surface area contributed by atoms with E-state index in [4.69, 9.17) is 9.26 Å². The first-order chi connectivity index (χ1) is 10.8. The second-order valence-corrected chi connectivity index (χ2v) is 5.75. The Balaban J connectivity index is 1.69. The highest BCUT2D eigenvalue weighted by atomic mass is 19.1. The third kappa shape index (κ3) is 2.06. The second-order valence-electron chi connectivity index (χ2n) is 5.75. The van der Waals surface area contributed by atoms with Crippen LogP contribution in [-0.4, -0.2) is 21.7 Å². The van der Waals surface area contributed by atoms with Gasteiger partial charge in [0, 0.05) is 12.6 Å². The zero-order chi connectivity index (χ0) is 15.0. The van der Waals surface area contributed by atoms with E-state index in [1.807, 2.05) is 12.2 Å². The lowest BCUT2D eigenvalue weighted by Crippen LogP contribution is -2.38. The van der Waals surface area contributed by atoms with E-state index in [1.165, 1.54) is 6.07 Å². The van der Waals surface area contributed by atoms with Gasteiger partial charge in [-0.15, -0.1) is 0 Å². The minimum absolute atomic E-state index is 0.211. The molecule has 0 N–H and O–H groups in total. The lowest BCUT2D eigenvalue weighted by Gasteiger charge is -2.38. The van der Waals surface area contributed by atoms with Crippen LogP contribution in [0.5, 0.6) is 0 Å². The number of aromatic nitrogens is 3. The van der Waals surface area contributed by atoms with E-state index in [2.05, 4.69) is 15.1 Å². The zero-order valence-corrected chi connectivity index (χ0v) is 12.0. The van der Waals surface area contributed by atoms with Gasteiger partial charge >= 0.3 is 0 Å². The molecule has 1 aliphatic heterocycles. The molecule has 0 amide bonds. The summed E-state index contributed by atoms with van der Waals surface area (Å²) < 4.78 is 25.1. The fourth-order valence-electron chi connectivity index (χ4n) is 3.09. The summed E-state index contributed by atoms with van der Waals surface area (Å²) in [4.78, 5) is 8.73. The van der Waals surface area contributed by atoms with Crippen LogP contribution in [0.2, 0.25) is 0 Å². The Morgan fingerprint density at radius 1 is 1.27 bits per heavy atom. The summed E-state index contributed by atoms with van der Waals surface area (Å²) in [5, 5.41) is 4.11. The number of halogens is 1. The van der Waals surface area contributed by atoms with Crippen molar-refractivity contribution in [1.29, 1.82) is 0 Å². The average molecular weight is 301 g/mol. The summed E-state index contributed by atoms with van der Waals surface area (Å²) in [6.45, 7) is 0.544. The molecule has 4 rings (SSSR count). The fourth-order valence-corrected chi connectivity index (χ4v) is 3.09. The fraction of sp³-hybridized carbons (Fsp3) is 0.438. The molecule has 2 aliphatic rings. The van der Waals surface area contributed by atoms with Crippen molar-refractivity contribution in [3.05, 3.63) is 53.7 Å². The van der Waals surface area contributed by atoms with E-state index in [0.717, 1.165) is 19.3 Å². The van der Waals surface area contributed by atoms with Crippen LogP contribution < -0.4 is 0 Å². The molecule has 5 nitrogen and oxygen atoms in total. The van der Waals surface area contributed by atoms with Gasteiger partial charge in [-0.1, -0.05) is 23.7 Å². The molecule has 0 radical (unpaired) electrons. The quantitative estimate of drug-likeness (QED) is 0.815. The highest BCUT2D eigenvalue weighted by Crippen LogP contribution is 2.48. The minimum atomic E-state index is -0.558. The van der Waals surface area contributed by atoms with Gasteiger partial charge in [0.25, 0.3) is 5.89 Å². The molecule has 22 heavy (non-hydrogen) atoms. The predicted octanol–water partition coefficient (Wildman–Crippen LogP) is 3.09. The van der Waals surface area contributed by atoms with Crippen molar-refractivity contribution < 1.29 is 13.7 Å². The molecule has 0 saturated heterocycles. The Morgan fingerprint density at radius 2 is 2.18 bits per heavy atom. The van der Waals surface area contributed by atoms with E-state index < -0.39 is 5.41 Å². The maximum absolute atomic E-state index is 14.2. The smallest absolute Gasteiger partial charge is 0.256 e. The number of hydrogen-bond donors (Lipinski definition) is 0. The Bertz CT molecular complexity index is 709. The minimum Gasteiger partial charge on any atom is -0.364 e. The standard InChI is InChI=1S/C16H16FN3O2/c17-11-5-3-9-18-13(11)16(7-4-8-16)15-19-14(22-20-15)12-6-1-2-10-21-12/h1-3,5,9,12H,4,6-8,10H2. The first-order valence-electron chi connectivity index (χ1n) is 7.51. The summed E-state index contributed by atoms with van der Waals surface area (Å²) in [5.41, 5.74) is -0.143. The Hall–Kier alpha value is -2.08. The average Bonchev–Trinajstić information content (AvgIpc) is 2.99. The molecule has 114 valence electrons. The zero-order valence-electron chi connectivity index (χ0n) is 12.0. The maximum Gasteiger partial charge on any atom is 0.256 e. The van der Waals surface area contributed by atoms with Gasteiger partial charge in [0.1, 0.15) is 11.9 Å². The van der Waals surface area contributed by atoms with E-state index >= 15 is 0 Å². The molecular formula is C16H16FN3O2. The highest BCUT2D eigenvalue weighted by Gasteiger charge is 2.47. The molecule has 1 fully saturated rings. The van der Waals surface area contributed by atoms with Crippen molar-refractivity contribution in [3.63, 3.8) is 0 Å². The number of rotatable bonds is 3. The topological polar surface area (TPSA) is 61.0 Å². The van der Waals surface area contributed by atoms with E-state index in [-0.39, 0.29) is 11.9 Å². The van der Waals surface area contributed by atoms with Crippen LogP contribution in [0, 0.1) is 5.82 Å². The van der Waals surface area contributed by atoms with Gasteiger partial charge in [0.05, 0.1) is 17.7 Å². The van der Waals surface area contributed by atoms with Crippen LogP contribution in [0.25, 0.3) is 0 Å². The molecule has 2 aromatic rings. The Labute approximate surface area is 127 Å². The predicted molar refractivity (Wildman–Crippen MR) is 75.6 cm³/mol. The van der Waals surface area contributed by atoms with Crippen molar-refractivity contribution >= 4 is 0 Å². The van der Waals surface area contributed by atoms with Crippen LogP contribution in [0.1, 0.15) is 49.2 Å². The first-order valence-corrected chi connectivity index (χ1v) is 7.51. The third-order valence-electron chi connectivity index (χ3n) is 4.47. The van der Waals surface area contributed by atoms with Gasteiger partial charge in [0.2, 0.25) is 0 Å². The number of pyridine rings is 1. The van der Waals surface area contributed by atoms with Gasteiger partial charge in [-0.3, -0.25) is 4.98 Å². The van der Waals surface area contributed by atoms with Crippen LogP contribution in [0.15, 0.2) is 35.0 Å². The van der Waals surface area contributed by atoms with Gasteiger partial charge in [-0.25, -0.2) is 4.39 Å². The molecule has 1 atom stereocenters. The highest BCUT2D eigenvalue weighted by molar-refractivity contribution is 5.31. The van der Waals surface area contributed by atoms with Crippen molar-refractivity contribution in [1.82, 2.24) is 15.1 Å². The maximum atomic E-state index is 14.2. The molecule has 3 heterocycles. The SMILES string of the molecule is Fc1cccnc1C1(c2noc(C3CC=CCO3)n2)CCC1. The molecule has 6 heteroatoms. The van der Waals surface area contributed by atoms with E-state index in [0.29, 0.717) is 30.4 Å². The van der Waals surface area contributed by atoms with Crippen molar-refractivity contribution in [3.8, 4) is 0 Å². The normalized spacial score (nSPS) is 23.2. The van der Waals surface area contributed by atoms with E-state index in [9.17, 15) is 4.39 Å². The lowest BCUT2D eigenvalue weighted by atomic mass is 9.65. The summed E-state index contributed by atoms with van der Waals surface area (Å²) >= 11 is 0. The van der Waals surface area contributed by atoms with Crippen LogP contribution in [0.4, 0.5) is 4.39 Å². The molecule has 1 saturated carbocycles. The monoisotopic (exact) mass is 301 g/mol. The van der Waals surface area contributed by atoms with Crippen molar-refractivity contribution in [2.75, 3.05) is 6.61 Å². The molecular weight excluding hydrogens is 285 g/mol. The Kier molecular flexibility index (Phi) is 3.26. The summed E-state index contributed by atoms with van der Waals surface area (Å²) in [5.74, 6) is 0.664. The third-order valence-corrected chi connectivity index (χ3v) is 4.47. The largest absolute Gasteiger partial charge is 0.364 e. The first kappa shape index (κ1) is 13.6. The van der Waals surface area contributed by atoms with Gasteiger partial charge in [-0.05, 0) is 25.0 Å². The summed E-state index contributed by atoms with van der Waals surface area (Å²) in [7, 11) is 0. The van der Waals surface area contributed by atoms with Gasteiger partial charge in [-0.2, -0.15) is 4.98 Å². The van der Waals surface area contributed by atoms with Gasteiger partial charge < -0.3 is 9.26 Å². The molecule has 2 aromatic heterocycles.